The summed E-state index contributed by atoms with van der Waals surface area (Å²) in [7, 11) is 0. The summed E-state index contributed by atoms with van der Waals surface area (Å²) in [5, 5.41) is 3.17. The number of fused-ring (bicyclic) bond motifs is 4. The first-order valence-corrected chi connectivity index (χ1v) is 10.8. The highest BCUT2D eigenvalue weighted by molar-refractivity contribution is 6.09. The molecule has 3 aliphatic heterocycles. The fourth-order valence-corrected chi connectivity index (χ4v) is 5.59. The molecule has 158 valence electrons. The zero-order valence-electron chi connectivity index (χ0n) is 18.1. The van der Waals surface area contributed by atoms with Crippen molar-refractivity contribution >= 4 is 11.6 Å². The molecule has 0 bridgehead atoms. The lowest BCUT2D eigenvalue weighted by Crippen LogP contribution is -2.60. The fraction of sp³-hybridized carbons (Fsp3) is 0.480. The van der Waals surface area contributed by atoms with Crippen LogP contribution in [-0.2, 0) is 14.9 Å². The largest absolute Gasteiger partial charge is 0.494 e. The third-order valence-electron chi connectivity index (χ3n) is 6.98. The maximum Gasteiger partial charge on any atom is 0.240 e. The van der Waals surface area contributed by atoms with E-state index in [9.17, 15) is 4.79 Å². The van der Waals surface area contributed by atoms with Crippen molar-refractivity contribution in [1.29, 1.82) is 0 Å². The lowest BCUT2D eigenvalue weighted by atomic mass is 9.55. The maximum absolute atomic E-state index is 13.8. The van der Waals surface area contributed by atoms with Crippen molar-refractivity contribution in [2.45, 2.75) is 45.1 Å². The van der Waals surface area contributed by atoms with Crippen LogP contribution in [0.25, 0.3) is 0 Å². The van der Waals surface area contributed by atoms with Gasteiger partial charge in [-0.15, -0.1) is 0 Å². The predicted octanol–water partition coefficient (Wildman–Crippen LogP) is 4.54. The van der Waals surface area contributed by atoms with Crippen LogP contribution in [0.4, 0.5) is 5.69 Å². The molecule has 2 aromatic rings. The molecule has 3 aliphatic rings. The first-order chi connectivity index (χ1) is 14.3. The van der Waals surface area contributed by atoms with Gasteiger partial charge in [-0.2, -0.15) is 0 Å². The van der Waals surface area contributed by atoms with E-state index in [0.717, 1.165) is 47.9 Å². The molecule has 1 saturated heterocycles. The molecule has 1 unspecified atom stereocenters. The van der Waals surface area contributed by atoms with Gasteiger partial charge in [-0.3, -0.25) is 4.79 Å². The first-order valence-electron chi connectivity index (χ1n) is 10.8. The number of amides is 1. The van der Waals surface area contributed by atoms with Gasteiger partial charge < -0.3 is 19.5 Å². The van der Waals surface area contributed by atoms with Gasteiger partial charge in [0.15, 0.2) is 0 Å². The van der Waals surface area contributed by atoms with E-state index in [1.54, 1.807) is 0 Å². The second kappa shape index (κ2) is 6.48. The van der Waals surface area contributed by atoms with Gasteiger partial charge >= 0.3 is 0 Å². The van der Waals surface area contributed by atoms with Crippen molar-refractivity contribution in [3.05, 3.63) is 53.6 Å². The standard InChI is InChI=1S/C25H29NO4/c1-5-29-16-10-11-18-20(12-16)30-23(2,3)21(13-24(4)14-28-15-24)25(18)17-8-6-7-9-19(17)26-22(25)27/h6-12,21H,5,13-15H2,1-4H3,(H,26,27)/t21?,25-/m1/s1. The monoisotopic (exact) mass is 407 g/mol. The molecule has 30 heavy (non-hydrogen) atoms. The van der Waals surface area contributed by atoms with E-state index in [-0.39, 0.29) is 17.2 Å². The van der Waals surface area contributed by atoms with Gasteiger partial charge in [0.05, 0.1) is 19.8 Å². The smallest absolute Gasteiger partial charge is 0.240 e. The van der Waals surface area contributed by atoms with Gasteiger partial charge in [0.1, 0.15) is 22.5 Å². The normalized spacial score (nSPS) is 27.5. The minimum atomic E-state index is -0.809. The van der Waals surface area contributed by atoms with E-state index in [0.29, 0.717) is 6.61 Å². The Morgan fingerprint density at radius 2 is 1.87 bits per heavy atom. The number of anilines is 1. The molecule has 5 heteroatoms. The van der Waals surface area contributed by atoms with Crippen molar-refractivity contribution in [2.75, 3.05) is 25.1 Å². The number of carbonyl (C=O) groups is 1. The van der Waals surface area contributed by atoms with Crippen LogP contribution in [0.15, 0.2) is 42.5 Å². The third kappa shape index (κ3) is 2.61. The van der Waals surface area contributed by atoms with E-state index < -0.39 is 11.0 Å². The van der Waals surface area contributed by atoms with Crippen molar-refractivity contribution in [1.82, 2.24) is 0 Å². The fourth-order valence-electron chi connectivity index (χ4n) is 5.59. The zero-order valence-corrected chi connectivity index (χ0v) is 18.1. The molecule has 2 aromatic carbocycles. The molecule has 0 radical (unpaired) electrons. The number of para-hydroxylation sites is 1. The van der Waals surface area contributed by atoms with Crippen molar-refractivity contribution in [3.8, 4) is 11.5 Å². The topological polar surface area (TPSA) is 56.8 Å². The molecule has 2 atom stereocenters. The van der Waals surface area contributed by atoms with E-state index in [1.807, 2.05) is 43.3 Å². The Bertz CT molecular complexity index is 1010. The Morgan fingerprint density at radius 3 is 2.57 bits per heavy atom. The van der Waals surface area contributed by atoms with E-state index in [2.05, 4.69) is 32.2 Å². The van der Waals surface area contributed by atoms with Gasteiger partial charge in [0.25, 0.3) is 0 Å². The summed E-state index contributed by atoms with van der Waals surface area (Å²) in [5.74, 6) is 1.46. The molecule has 0 aromatic heterocycles. The van der Waals surface area contributed by atoms with Crippen LogP contribution in [0.2, 0.25) is 0 Å². The number of hydrogen-bond donors (Lipinski definition) is 1. The average Bonchev–Trinajstić information content (AvgIpc) is 2.96. The summed E-state index contributed by atoms with van der Waals surface area (Å²) in [4.78, 5) is 13.8. The lowest BCUT2D eigenvalue weighted by Gasteiger charge is -2.53. The highest BCUT2D eigenvalue weighted by Crippen LogP contribution is 2.60. The number of hydrogen-bond acceptors (Lipinski definition) is 4. The molecule has 1 spiro atoms. The van der Waals surface area contributed by atoms with Crippen LogP contribution in [0.1, 0.15) is 45.2 Å². The summed E-state index contributed by atoms with van der Waals surface area (Å²) in [6.45, 7) is 10.4. The number of rotatable bonds is 4. The van der Waals surface area contributed by atoms with Crippen LogP contribution in [0, 0.1) is 11.3 Å². The molecule has 5 nitrogen and oxygen atoms in total. The Balaban J connectivity index is 1.76. The van der Waals surface area contributed by atoms with Gasteiger partial charge in [-0.25, -0.2) is 0 Å². The Morgan fingerprint density at radius 1 is 1.10 bits per heavy atom. The van der Waals surface area contributed by atoms with Crippen molar-refractivity contribution < 1.29 is 19.0 Å². The molecule has 1 amide bonds. The lowest BCUT2D eigenvalue weighted by molar-refractivity contribution is -0.145. The number of benzene rings is 2. The molecule has 0 aliphatic carbocycles. The van der Waals surface area contributed by atoms with E-state index in [4.69, 9.17) is 14.2 Å². The minimum Gasteiger partial charge on any atom is -0.494 e. The van der Waals surface area contributed by atoms with Crippen molar-refractivity contribution in [2.24, 2.45) is 11.3 Å². The second-order valence-electron chi connectivity index (χ2n) is 9.66. The molecule has 1 N–H and O–H groups in total. The van der Waals surface area contributed by atoms with Crippen LogP contribution in [0.3, 0.4) is 0 Å². The van der Waals surface area contributed by atoms with E-state index >= 15 is 0 Å². The molecule has 0 saturated carbocycles. The molecular weight excluding hydrogens is 378 g/mol. The summed E-state index contributed by atoms with van der Waals surface area (Å²) < 4.78 is 17.9. The van der Waals surface area contributed by atoms with Gasteiger partial charge in [0.2, 0.25) is 5.91 Å². The summed E-state index contributed by atoms with van der Waals surface area (Å²) >= 11 is 0. The predicted molar refractivity (Wildman–Crippen MR) is 115 cm³/mol. The molecule has 1 fully saturated rings. The quantitative estimate of drug-likeness (QED) is 0.809. The zero-order chi connectivity index (χ0) is 21.1. The minimum absolute atomic E-state index is 0.0272. The highest BCUT2D eigenvalue weighted by Gasteiger charge is 2.63. The number of ether oxygens (including phenoxy) is 3. The number of carbonyl (C=O) groups excluding carboxylic acids is 1. The highest BCUT2D eigenvalue weighted by atomic mass is 16.5. The maximum atomic E-state index is 13.8. The average molecular weight is 408 g/mol. The number of nitrogens with one attached hydrogen (secondary N) is 1. The Labute approximate surface area is 177 Å². The van der Waals surface area contributed by atoms with Crippen LogP contribution >= 0.6 is 0 Å². The second-order valence-corrected chi connectivity index (χ2v) is 9.66. The molecule has 5 rings (SSSR count). The molecular formula is C25H29NO4. The third-order valence-corrected chi connectivity index (χ3v) is 6.98. The van der Waals surface area contributed by atoms with Crippen LogP contribution in [-0.4, -0.2) is 31.3 Å². The Kier molecular flexibility index (Phi) is 4.20. The van der Waals surface area contributed by atoms with E-state index in [1.165, 1.54) is 0 Å². The Hall–Kier alpha value is -2.53. The first kappa shape index (κ1) is 19.4. The van der Waals surface area contributed by atoms with Crippen LogP contribution < -0.4 is 14.8 Å². The summed E-state index contributed by atoms with van der Waals surface area (Å²) in [6.07, 6.45) is 0.842. The molecule has 3 heterocycles. The van der Waals surface area contributed by atoms with Gasteiger partial charge in [-0.1, -0.05) is 31.2 Å². The van der Waals surface area contributed by atoms with Crippen molar-refractivity contribution in [3.63, 3.8) is 0 Å². The summed E-state index contributed by atoms with van der Waals surface area (Å²) in [5.41, 5.74) is 1.52. The van der Waals surface area contributed by atoms with Gasteiger partial charge in [-0.05, 0) is 44.9 Å². The van der Waals surface area contributed by atoms with Gasteiger partial charge in [0, 0.05) is 28.7 Å². The van der Waals surface area contributed by atoms with Crippen LogP contribution in [0.5, 0.6) is 11.5 Å². The summed E-state index contributed by atoms with van der Waals surface area (Å²) in [6, 6.07) is 14.0. The SMILES string of the molecule is CCOc1ccc2c(c1)OC(C)(C)C(CC1(C)COC1)[C@]21C(=O)Nc2ccccc21.